The van der Waals surface area contributed by atoms with Gasteiger partial charge in [0.25, 0.3) is 11.8 Å². The van der Waals surface area contributed by atoms with E-state index in [1.165, 1.54) is 6.08 Å². The average Bonchev–Trinajstić information content (AvgIpc) is 2.60. The van der Waals surface area contributed by atoms with Crippen molar-refractivity contribution >= 4 is 29.6 Å². The molecule has 0 atom stereocenters. The van der Waals surface area contributed by atoms with Gasteiger partial charge in [-0.1, -0.05) is 24.3 Å². The van der Waals surface area contributed by atoms with Gasteiger partial charge in [-0.3, -0.25) is 14.9 Å². The molecule has 4 amide bonds. The van der Waals surface area contributed by atoms with Crippen molar-refractivity contribution in [2.45, 2.75) is 6.92 Å². The predicted octanol–water partition coefficient (Wildman–Crippen LogP) is 2.67. The Labute approximate surface area is 144 Å². The Balaban J connectivity index is 2.02. The van der Waals surface area contributed by atoms with Gasteiger partial charge in [0, 0.05) is 0 Å². The lowest BCUT2D eigenvalue weighted by Gasteiger charge is -2.26. The molecule has 2 aromatic rings. The van der Waals surface area contributed by atoms with Crippen molar-refractivity contribution in [2.24, 2.45) is 0 Å². The number of imide groups is 2. The van der Waals surface area contributed by atoms with E-state index in [-0.39, 0.29) is 5.57 Å². The van der Waals surface area contributed by atoms with Crippen LogP contribution >= 0.6 is 0 Å². The number of amides is 4. The fourth-order valence-electron chi connectivity index (χ4n) is 2.56. The quantitative estimate of drug-likeness (QED) is 0.691. The molecule has 0 radical (unpaired) electrons. The number of aryl methyl sites for hydroxylation is 1. The minimum atomic E-state index is -0.759. The van der Waals surface area contributed by atoms with Crippen LogP contribution < -0.4 is 15.0 Å². The molecule has 25 heavy (non-hydrogen) atoms. The molecule has 2 aromatic carbocycles. The summed E-state index contributed by atoms with van der Waals surface area (Å²) < 4.78 is 5.15. The number of para-hydroxylation sites is 1. The molecule has 0 aliphatic carbocycles. The van der Waals surface area contributed by atoms with Crippen molar-refractivity contribution in [2.75, 3.05) is 12.0 Å². The van der Waals surface area contributed by atoms with E-state index in [9.17, 15) is 14.4 Å². The van der Waals surface area contributed by atoms with E-state index in [4.69, 9.17) is 4.74 Å². The maximum absolute atomic E-state index is 12.7. The predicted molar refractivity (Wildman–Crippen MR) is 93.2 cm³/mol. The molecule has 126 valence electrons. The second kappa shape index (κ2) is 6.60. The second-order valence-corrected chi connectivity index (χ2v) is 5.52. The SMILES string of the molecule is COc1ccc(C=C2C(=O)NC(=O)N(c3ccccc3)C2=O)c(C)c1. The van der Waals surface area contributed by atoms with Crippen LogP contribution in [0.2, 0.25) is 0 Å². The fourth-order valence-corrected chi connectivity index (χ4v) is 2.56. The minimum absolute atomic E-state index is 0.100. The lowest BCUT2D eigenvalue weighted by atomic mass is 10.0. The zero-order valence-corrected chi connectivity index (χ0v) is 13.8. The number of urea groups is 1. The number of carbonyl (C=O) groups is 3. The molecule has 0 bridgehead atoms. The smallest absolute Gasteiger partial charge is 0.335 e. The molecular weight excluding hydrogens is 320 g/mol. The van der Waals surface area contributed by atoms with E-state index in [1.54, 1.807) is 55.6 Å². The Morgan fingerprint density at radius 2 is 1.76 bits per heavy atom. The maximum Gasteiger partial charge on any atom is 0.335 e. The van der Waals surface area contributed by atoms with Gasteiger partial charge in [-0.05, 0) is 48.4 Å². The zero-order chi connectivity index (χ0) is 18.0. The van der Waals surface area contributed by atoms with Crippen LogP contribution in [0.3, 0.4) is 0 Å². The molecule has 0 spiro atoms. The number of methoxy groups -OCH3 is 1. The highest BCUT2D eigenvalue weighted by Crippen LogP contribution is 2.24. The fraction of sp³-hybridized carbons (Fsp3) is 0.105. The van der Waals surface area contributed by atoms with Crippen LogP contribution in [0.4, 0.5) is 10.5 Å². The topological polar surface area (TPSA) is 75.7 Å². The molecule has 0 saturated carbocycles. The van der Waals surface area contributed by atoms with Crippen molar-refractivity contribution in [3.05, 3.63) is 65.2 Å². The number of ether oxygens (including phenoxy) is 1. The van der Waals surface area contributed by atoms with E-state index in [1.807, 2.05) is 6.92 Å². The Hall–Kier alpha value is -3.41. The number of hydrogen-bond donors (Lipinski definition) is 1. The van der Waals surface area contributed by atoms with Gasteiger partial charge in [-0.2, -0.15) is 0 Å². The number of benzene rings is 2. The first-order valence-electron chi connectivity index (χ1n) is 7.62. The number of anilines is 1. The number of nitrogens with one attached hydrogen (secondary N) is 1. The van der Waals surface area contributed by atoms with Gasteiger partial charge in [-0.15, -0.1) is 0 Å². The highest BCUT2D eigenvalue weighted by atomic mass is 16.5. The normalized spacial score (nSPS) is 16.2. The van der Waals surface area contributed by atoms with Crippen LogP contribution in [0.1, 0.15) is 11.1 Å². The molecule has 1 fully saturated rings. The lowest BCUT2D eigenvalue weighted by molar-refractivity contribution is -0.122. The van der Waals surface area contributed by atoms with Gasteiger partial charge in [0.1, 0.15) is 11.3 Å². The van der Waals surface area contributed by atoms with Crippen molar-refractivity contribution < 1.29 is 19.1 Å². The van der Waals surface area contributed by atoms with Crippen LogP contribution in [0.5, 0.6) is 5.75 Å². The Morgan fingerprint density at radius 1 is 1.04 bits per heavy atom. The van der Waals surface area contributed by atoms with Gasteiger partial charge in [0.15, 0.2) is 0 Å². The van der Waals surface area contributed by atoms with Gasteiger partial charge >= 0.3 is 6.03 Å². The van der Waals surface area contributed by atoms with Crippen LogP contribution in [0.15, 0.2) is 54.1 Å². The van der Waals surface area contributed by atoms with Crippen molar-refractivity contribution in [3.63, 3.8) is 0 Å². The summed E-state index contributed by atoms with van der Waals surface area (Å²) in [6.45, 7) is 1.85. The zero-order valence-electron chi connectivity index (χ0n) is 13.8. The largest absolute Gasteiger partial charge is 0.497 e. The van der Waals surface area contributed by atoms with E-state index in [2.05, 4.69) is 5.32 Å². The van der Waals surface area contributed by atoms with Gasteiger partial charge in [-0.25, -0.2) is 9.69 Å². The van der Waals surface area contributed by atoms with Crippen molar-refractivity contribution in [3.8, 4) is 5.75 Å². The summed E-state index contributed by atoms with van der Waals surface area (Å²) in [6.07, 6.45) is 1.48. The Bertz CT molecular complexity index is 888. The monoisotopic (exact) mass is 336 g/mol. The summed E-state index contributed by atoms with van der Waals surface area (Å²) in [4.78, 5) is 37.9. The first-order chi connectivity index (χ1) is 12.0. The summed E-state index contributed by atoms with van der Waals surface area (Å²) in [5.41, 5.74) is 1.84. The summed E-state index contributed by atoms with van der Waals surface area (Å²) in [5.74, 6) is -0.687. The van der Waals surface area contributed by atoms with Crippen molar-refractivity contribution in [1.29, 1.82) is 0 Å². The molecule has 0 unspecified atom stereocenters. The third-order valence-electron chi connectivity index (χ3n) is 3.89. The molecule has 3 rings (SSSR count). The number of rotatable bonds is 3. The lowest BCUT2D eigenvalue weighted by Crippen LogP contribution is -2.54. The van der Waals surface area contributed by atoms with Crippen LogP contribution in [0, 0.1) is 6.92 Å². The van der Waals surface area contributed by atoms with Crippen LogP contribution in [-0.4, -0.2) is 25.0 Å². The molecule has 0 aromatic heterocycles. The summed E-state index contributed by atoms with van der Waals surface area (Å²) in [7, 11) is 1.56. The van der Waals surface area contributed by atoms with Crippen LogP contribution in [-0.2, 0) is 9.59 Å². The highest BCUT2D eigenvalue weighted by Gasteiger charge is 2.36. The molecule has 1 aliphatic heterocycles. The molecular formula is C19H16N2O4. The molecule has 6 heteroatoms. The first kappa shape index (κ1) is 16.4. The van der Waals surface area contributed by atoms with Gasteiger partial charge in [0.05, 0.1) is 12.8 Å². The molecule has 1 aliphatic rings. The molecule has 1 saturated heterocycles. The number of hydrogen-bond acceptors (Lipinski definition) is 4. The maximum atomic E-state index is 12.7. The van der Waals surface area contributed by atoms with E-state index in [0.29, 0.717) is 17.0 Å². The number of nitrogens with zero attached hydrogens (tertiary/aromatic N) is 1. The second-order valence-electron chi connectivity index (χ2n) is 5.52. The molecule has 1 N–H and O–H groups in total. The first-order valence-corrected chi connectivity index (χ1v) is 7.62. The van der Waals surface area contributed by atoms with E-state index < -0.39 is 17.8 Å². The third-order valence-corrected chi connectivity index (χ3v) is 3.89. The van der Waals surface area contributed by atoms with Gasteiger partial charge in [0.2, 0.25) is 0 Å². The Kier molecular flexibility index (Phi) is 4.35. The Morgan fingerprint density at radius 3 is 2.40 bits per heavy atom. The third kappa shape index (κ3) is 3.14. The summed E-state index contributed by atoms with van der Waals surface area (Å²) in [6, 6.07) is 13.0. The van der Waals surface area contributed by atoms with E-state index >= 15 is 0 Å². The average molecular weight is 336 g/mol. The summed E-state index contributed by atoms with van der Waals surface area (Å²) in [5, 5.41) is 2.20. The minimum Gasteiger partial charge on any atom is -0.497 e. The van der Waals surface area contributed by atoms with E-state index in [0.717, 1.165) is 10.5 Å². The van der Waals surface area contributed by atoms with Crippen LogP contribution in [0.25, 0.3) is 6.08 Å². The van der Waals surface area contributed by atoms with Gasteiger partial charge < -0.3 is 4.74 Å². The molecule has 6 nitrogen and oxygen atoms in total. The highest BCUT2D eigenvalue weighted by molar-refractivity contribution is 6.39. The standard InChI is InChI=1S/C19H16N2O4/c1-12-10-15(25-2)9-8-13(12)11-16-17(22)20-19(24)21(18(16)23)14-6-4-3-5-7-14/h3-11H,1-2H3,(H,20,22,24). The summed E-state index contributed by atoms with van der Waals surface area (Å²) >= 11 is 0. The number of barbiturate groups is 1. The number of carbonyl (C=O) groups excluding carboxylic acids is 3. The molecule has 1 heterocycles. The van der Waals surface area contributed by atoms with Crippen molar-refractivity contribution in [1.82, 2.24) is 5.32 Å².